The van der Waals surface area contributed by atoms with Crippen molar-refractivity contribution < 1.29 is 9.90 Å². The zero-order valence-corrected chi connectivity index (χ0v) is 6.77. The highest BCUT2D eigenvalue weighted by molar-refractivity contribution is 5.87. The van der Waals surface area contributed by atoms with Gasteiger partial charge in [-0.1, -0.05) is 19.4 Å². The molecule has 1 N–H and O–H groups in total. The average Bonchev–Trinajstić information content (AvgIpc) is 1.88. The van der Waals surface area contributed by atoms with E-state index >= 15 is 0 Å². The van der Waals surface area contributed by atoms with Gasteiger partial charge in [0, 0.05) is 5.57 Å². The standard InChI is InChI=1S/C8H14O2/c1-4-6(3)7(5-2)8(9)10/h4-5H2,1-3H3,(H,9,10)/b7-6+. The van der Waals surface area contributed by atoms with Crippen LogP contribution < -0.4 is 0 Å². The van der Waals surface area contributed by atoms with Crippen molar-refractivity contribution in [3.05, 3.63) is 11.1 Å². The second kappa shape index (κ2) is 4.09. The minimum atomic E-state index is -0.776. The molecule has 58 valence electrons. The Bertz CT molecular complexity index is 157. The molecule has 0 bridgehead atoms. The van der Waals surface area contributed by atoms with E-state index in [2.05, 4.69) is 0 Å². The summed E-state index contributed by atoms with van der Waals surface area (Å²) in [4.78, 5) is 10.5. The maximum Gasteiger partial charge on any atom is 0.331 e. The molecule has 2 nitrogen and oxygen atoms in total. The molecule has 0 aliphatic carbocycles. The van der Waals surface area contributed by atoms with Crippen molar-refractivity contribution in [3.8, 4) is 0 Å². The predicted octanol–water partition coefficient (Wildman–Crippen LogP) is 2.21. The molecule has 0 saturated carbocycles. The number of hydrogen-bond donors (Lipinski definition) is 1. The van der Waals surface area contributed by atoms with E-state index in [-0.39, 0.29) is 0 Å². The van der Waals surface area contributed by atoms with Crippen LogP contribution in [0.4, 0.5) is 0 Å². The molecule has 0 aromatic carbocycles. The normalized spacial score (nSPS) is 12.7. The van der Waals surface area contributed by atoms with Gasteiger partial charge in [-0.15, -0.1) is 0 Å². The van der Waals surface area contributed by atoms with Gasteiger partial charge in [-0.05, 0) is 19.8 Å². The van der Waals surface area contributed by atoms with Gasteiger partial charge in [0.2, 0.25) is 0 Å². The topological polar surface area (TPSA) is 37.3 Å². The highest BCUT2D eigenvalue weighted by atomic mass is 16.4. The molecule has 10 heavy (non-hydrogen) atoms. The zero-order chi connectivity index (χ0) is 8.15. The maximum absolute atomic E-state index is 10.5. The fourth-order valence-electron chi connectivity index (χ4n) is 0.849. The number of allylic oxidation sites excluding steroid dienone is 1. The van der Waals surface area contributed by atoms with Gasteiger partial charge in [0.1, 0.15) is 0 Å². The largest absolute Gasteiger partial charge is 0.478 e. The van der Waals surface area contributed by atoms with Crippen molar-refractivity contribution in [1.29, 1.82) is 0 Å². The van der Waals surface area contributed by atoms with Crippen molar-refractivity contribution in [2.75, 3.05) is 0 Å². The molecular formula is C8H14O2. The molecule has 0 aromatic heterocycles. The Morgan fingerprint density at radius 3 is 1.90 bits per heavy atom. The summed E-state index contributed by atoms with van der Waals surface area (Å²) in [6.07, 6.45) is 1.45. The van der Waals surface area contributed by atoms with Gasteiger partial charge in [0.25, 0.3) is 0 Å². The van der Waals surface area contributed by atoms with Crippen molar-refractivity contribution in [1.82, 2.24) is 0 Å². The first-order valence-corrected chi connectivity index (χ1v) is 3.55. The van der Waals surface area contributed by atoms with Crippen molar-refractivity contribution in [3.63, 3.8) is 0 Å². The van der Waals surface area contributed by atoms with Crippen LogP contribution in [0, 0.1) is 0 Å². The summed E-state index contributed by atoms with van der Waals surface area (Å²) in [5.74, 6) is -0.776. The van der Waals surface area contributed by atoms with Crippen molar-refractivity contribution >= 4 is 5.97 Å². The van der Waals surface area contributed by atoms with E-state index in [9.17, 15) is 4.79 Å². The van der Waals surface area contributed by atoms with Gasteiger partial charge >= 0.3 is 5.97 Å². The van der Waals surface area contributed by atoms with Crippen LogP contribution in [-0.2, 0) is 4.79 Å². The highest BCUT2D eigenvalue weighted by Gasteiger charge is 2.06. The van der Waals surface area contributed by atoms with Crippen LogP contribution in [0.1, 0.15) is 33.6 Å². The second-order valence-corrected chi connectivity index (χ2v) is 2.27. The van der Waals surface area contributed by atoms with Crippen molar-refractivity contribution in [2.45, 2.75) is 33.6 Å². The van der Waals surface area contributed by atoms with Crippen LogP contribution in [0.5, 0.6) is 0 Å². The number of rotatable bonds is 3. The smallest absolute Gasteiger partial charge is 0.331 e. The lowest BCUT2D eigenvalue weighted by Gasteiger charge is -2.01. The Balaban J connectivity index is 4.45. The Kier molecular flexibility index (Phi) is 3.77. The number of carboxylic acids is 1. The molecule has 0 aliphatic rings. The molecule has 0 saturated heterocycles. The van der Waals surface area contributed by atoms with Crippen LogP contribution in [0.3, 0.4) is 0 Å². The van der Waals surface area contributed by atoms with Gasteiger partial charge < -0.3 is 5.11 Å². The van der Waals surface area contributed by atoms with Gasteiger partial charge in [-0.25, -0.2) is 4.79 Å². The third kappa shape index (κ3) is 2.21. The van der Waals surface area contributed by atoms with Crippen molar-refractivity contribution in [2.24, 2.45) is 0 Å². The molecule has 0 atom stereocenters. The molecule has 0 spiro atoms. The van der Waals surface area contributed by atoms with Crippen LogP contribution >= 0.6 is 0 Å². The molecule has 0 heterocycles. The van der Waals surface area contributed by atoms with Crippen LogP contribution in [-0.4, -0.2) is 11.1 Å². The lowest BCUT2D eigenvalue weighted by Crippen LogP contribution is -2.01. The monoisotopic (exact) mass is 142 g/mol. The molecule has 0 fully saturated rings. The fourth-order valence-corrected chi connectivity index (χ4v) is 0.849. The Morgan fingerprint density at radius 2 is 1.80 bits per heavy atom. The minimum Gasteiger partial charge on any atom is -0.478 e. The second-order valence-electron chi connectivity index (χ2n) is 2.27. The van der Waals surface area contributed by atoms with E-state index in [4.69, 9.17) is 5.11 Å². The SMILES string of the molecule is CC/C(C)=C(\CC)C(=O)O. The zero-order valence-electron chi connectivity index (χ0n) is 6.77. The van der Waals surface area contributed by atoms with E-state index in [0.717, 1.165) is 12.0 Å². The molecule has 0 radical (unpaired) electrons. The molecule has 0 aromatic rings. The molecule has 0 amide bonds. The first kappa shape index (κ1) is 9.21. The van der Waals surface area contributed by atoms with E-state index in [1.54, 1.807) is 0 Å². The quantitative estimate of drug-likeness (QED) is 0.613. The van der Waals surface area contributed by atoms with E-state index < -0.39 is 5.97 Å². The summed E-state index contributed by atoms with van der Waals surface area (Å²) < 4.78 is 0. The Labute approximate surface area is 61.6 Å². The molecule has 0 unspecified atom stereocenters. The van der Waals surface area contributed by atoms with Crippen LogP contribution in [0.15, 0.2) is 11.1 Å². The molecule has 0 aliphatic heterocycles. The summed E-state index contributed by atoms with van der Waals surface area (Å²) in [5.41, 5.74) is 1.54. The van der Waals surface area contributed by atoms with Gasteiger partial charge in [-0.2, -0.15) is 0 Å². The lowest BCUT2D eigenvalue weighted by molar-refractivity contribution is -0.132. The third-order valence-electron chi connectivity index (χ3n) is 1.66. The van der Waals surface area contributed by atoms with Gasteiger partial charge in [0.15, 0.2) is 0 Å². The van der Waals surface area contributed by atoms with Gasteiger partial charge in [-0.3, -0.25) is 0 Å². The summed E-state index contributed by atoms with van der Waals surface area (Å²) in [7, 11) is 0. The number of carboxylic acid groups (broad SMARTS) is 1. The van der Waals surface area contributed by atoms with E-state index in [1.165, 1.54) is 0 Å². The minimum absolute atomic E-state index is 0.558. The number of hydrogen-bond acceptors (Lipinski definition) is 1. The van der Waals surface area contributed by atoms with Crippen LogP contribution in [0.25, 0.3) is 0 Å². The third-order valence-corrected chi connectivity index (χ3v) is 1.66. The highest BCUT2D eigenvalue weighted by Crippen LogP contribution is 2.10. The number of aliphatic carboxylic acids is 1. The summed E-state index contributed by atoms with van der Waals surface area (Å²) in [5, 5.41) is 8.62. The molecule has 0 rings (SSSR count). The molecule has 2 heteroatoms. The first-order chi connectivity index (χ1) is 4.63. The molecular weight excluding hydrogens is 128 g/mol. The summed E-state index contributed by atoms with van der Waals surface area (Å²) in [6, 6.07) is 0. The summed E-state index contributed by atoms with van der Waals surface area (Å²) in [6.45, 7) is 5.70. The summed E-state index contributed by atoms with van der Waals surface area (Å²) >= 11 is 0. The van der Waals surface area contributed by atoms with Crippen LogP contribution in [0.2, 0.25) is 0 Å². The van der Waals surface area contributed by atoms with E-state index in [1.807, 2.05) is 20.8 Å². The average molecular weight is 142 g/mol. The number of carbonyl (C=O) groups is 1. The predicted molar refractivity (Wildman–Crippen MR) is 40.9 cm³/mol. The fraction of sp³-hybridized carbons (Fsp3) is 0.625. The van der Waals surface area contributed by atoms with Gasteiger partial charge in [0.05, 0.1) is 0 Å². The Hall–Kier alpha value is -0.790. The van der Waals surface area contributed by atoms with E-state index in [0.29, 0.717) is 12.0 Å². The lowest BCUT2D eigenvalue weighted by atomic mass is 10.1. The maximum atomic E-state index is 10.5. The first-order valence-electron chi connectivity index (χ1n) is 3.55. The Morgan fingerprint density at radius 1 is 1.30 bits per heavy atom.